The Bertz CT molecular complexity index is 223. The van der Waals surface area contributed by atoms with Crippen molar-refractivity contribution in [1.82, 2.24) is 0 Å². The fourth-order valence-corrected chi connectivity index (χ4v) is 2.68. The van der Waals surface area contributed by atoms with E-state index in [9.17, 15) is 4.79 Å². The highest BCUT2D eigenvalue weighted by Gasteiger charge is 2.33. The van der Waals surface area contributed by atoms with Crippen LogP contribution in [-0.2, 0) is 9.53 Å². The van der Waals surface area contributed by atoms with E-state index in [1.165, 1.54) is 12.8 Å². The molecule has 16 heavy (non-hydrogen) atoms. The minimum Gasteiger partial charge on any atom is -0.462 e. The Kier molecular flexibility index (Phi) is 5.30. The second kappa shape index (κ2) is 6.27. The first-order valence-corrected chi connectivity index (χ1v) is 6.74. The van der Waals surface area contributed by atoms with Gasteiger partial charge in [-0.1, -0.05) is 34.1 Å². The Morgan fingerprint density at radius 1 is 1.38 bits per heavy atom. The Labute approximate surface area is 99.8 Å². The van der Waals surface area contributed by atoms with Crippen molar-refractivity contribution in [2.75, 3.05) is 0 Å². The fourth-order valence-electron chi connectivity index (χ4n) is 2.68. The minimum atomic E-state index is -0.00718. The van der Waals surface area contributed by atoms with Crippen molar-refractivity contribution in [2.45, 2.75) is 65.9 Å². The highest BCUT2D eigenvalue weighted by molar-refractivity contribution is 5.69. The summed E-state index contributed by atoms with van der Waals surface area (Å²) in [5.74, 6) is 1.88. The zero-order valence-corrected chi connectivity index (χ0v) is 11.2. The standard InChI is InChI=1S/C14H26O2/c1-5-6-14(15)16-13-9-11(4)7-8-12(13)10(2)3/h10-13H,5-9H2,1-4H3/t11-,12+,13-/m1/s1. The molecule has 2 nitrogen and oxygen atoms in total. The molecule has 0 aromatic rings. The lowest BCUT2D eigenvalue weighted by molar-refractivity contribution is -0.155. The number of carbonyl (C=O) groups excluding carboxylic acids is 1. The Morgan fingerprint density at radius 3 is 2.62 bits per heavy atom. The number of hydrogen-bond acceptors (Lipinski definition) is 2. The van der Waals surface area contributed by atoms with Crippen molar-refractivity contribution >= 4 is 5.97 Å². The molecule has 2 heteroatoms. The highest BCUT2D eigenvalue weighted by atomic mass is 16.5. The van der Waals surface area contributed by atoms with Crippen molar-refractivity contribution in [3.63, 3.8) is 0 Å². The summed E-state index contributed by atoms with van der Waals surface area (Å²) in [5, 5.41) is 0. The van der Waals surface area contributed by atoms with Crippen molar-refractivity contribution in [3.05, 3.63) is 0 Å². The minimum absolute atomic E-state index is 0.00718. The molecular formula is C14H26O2. The van der Waals surface area contributed by atoms with Gasteiger partial charge in [0.25, 0.3) is 0 Å². The van der Waals surface area contributed by atoms with Crippen molar-refractivity contribution in [1.29, 1.82) is 0 Å². The third-order valence-corrected chi connectivity index (χ3v) is 3.70. The van der Waals surface area contributed by atoms with E-state index >= 15 is 0 Å². The third-order valence-electron chi connectivity index (χ3n) is 3.70. The van der Waals surface area contributed by atoms with E-state index in [2.05, 4.69) is 20.8 Å². The second-order valence-corrected chi connectivity index (χ2v) is 5.60. The molecule has 0 bridgehead atoms. The SMILES string of the molecule is CCCC(=O)O[C@@H]1C[C@H](C)CC[C@H]1C(C)C. The molecule has 94 valence electrons. The number of esters is 1. The molecule has 1 aliphatic carbocycles. The van der Waals surface area contributed by atoms with E-state index in [1.54, 1.807) is 0 Å². The topological polar surface area (TPSA) is 26.3 Å². The van der Waals surface area contributed by atoms with E-state index in [0.29, 0.717) is 24.2 Å². The lowest BCUT2D eigenvalue weighted by atomic mass is 9.75. The van der Waals surface area contributed by atoms with Crippen LogP contribution in [0.25, 0.3) is 0 Å². The first-order chi connectivity index (χ1) is 7.54. The smallest absolute Gasteiger partial charge is 0.306 e. The molecule has 0 aliphatic heterocycles. The van der Waals surface area contributed by atoms with Crippen molar-refractivity contribution < 1.29 is 9.53 Å². The van der Waals surface area contributed by atoms with Crippen LogP contribution in [0.2, 0.25) is 0 Å². The lowest BCUT2D eigenvalue weighted by Gasteiger charge is -2.36. The van der Waals surface area contributed by atoms with Gasteiger partial charge in [0.05, 0.1) is 0 Å². The second-order valence-electron chi connectivity index (χ2n) is 5.60. The molecular weight excluding hydrogens is 200 g/mol. The molecule has 0 aromatic carbocycles. The van der Waals surface area contributed by atoms with Gasteiger partial charge in [0, 0.05) is 6.42 Å². The van der Waals surface area contributed by atoms with Crippen LogP contribution in [-0.4, -0.2) is 12.1 Å². The van der Waals surface area contributed by atoms with Gasteiger partial charge in [0.1, 0.15) is 6.10 Å². The Balaban J connectivity index is 2.54. The lowest BCUT2D eigenvalue weighted by Crippen LogP contribution is -2.35. The molecule has 0 saturated heterocycles. The number of rotatable bonds is 4. The first-order valence-electron chi connectivity index (χ1n) is 6.74. The highest BCUT2D eigenvalue weighted by Crippen LogP contribution is 2.35. The van der Waals surface area contributed by atoms with Gasteiger partial charge in [-0.2, -0.15) is 0 Å². The molecule has 0 spiro atoms. The molecule has 0 radical (unpaired) electrons. The molecule has 0 unspecified atom stereocenters. The monoisotopic (exact) mass is 226 g/mol. The number of ether oxygens (including phenoxy) is 1. The summed E-state index contributed by atoms with van der Waals surface area (Å²) in [7, 11) is 0. The molecule has 0 aromatic heterocycles. The molecule has 1 fully saturated rings. The predicted octanol–water partition coefficient (Wildman–Crippen LogP) is 3.79. The first kappa shape index (κ1) is 13.5. The maximum Gasteiger partial charge on any atom is 0.306 e. The average Bonchev–Trinajstić information content (AvgIpc) is 2.17. The summed E-state index contributed by atoms with van der Waals surface area (Å²) in [6.07, 6.45) is 5.16. The van der Waals surface area contributed by atoms with E-state index in [-0.39, 0.29) is 12.1 Å². The van der Waals surface area contributed by atoms with Gasteiger partial charge < -0.3 is 4.74 Å². The zero-order chi connectivity index (χ0) is 12.1. The van der Waals surface area contributed by atoms with Crippen LogP contribution in [0.1, 0.15) is 59.8 Å². The average molecular weight is 226 g/mol. The van der Waals surface area contributed by atoms with Crippen LogP contribution in [0.3, 0.4) is 0 Å². The van der Waals surface area contributed by atoms with Crippen LogP contribution >= 0.6 is 0 Å². The quantitative estimate of drug-likeness (QED) is 0.682. The molecule has 0 heterocycles. The van der Waals surface area contributed by atoms with Gasteiger partial charge in [-0.15, -0.1) is 0 Å². The van der Waals surface area contributed by atoms with Gasteiger partial charge in [0.15, 0.2) is 0 Å². The molecule has 1 rings (SSSR count). The van der Waals surface area contributed by atoms with Gasteiger partial charge in [-0.3, -0.25) is 4.79 Å². The van der Waals surface area contributed by atoms with E-state index in [1.807, 2.05) is 6.92 Å². The molecule has 3 atom stereocenters. The summed E-state index contributed by atoms with van der Waals surface area (Å²) in [6, 6.07) is 0. The summed E-state index contributed by atoms with van der Waals surface area (Å²) >= 11 is 0. The van der Waals surface area contributed by atoms with E-state index in [0.717, 1.165) is 12.8 Å². The Morgan fingerprint density at radius 2 is 2.06 bits per heavy atom. The normalized spacial score (nSPS) is 30.4. The van der Waals surface area contributed by atoms with Gasteiger partial charge in [-0.25, -0.2) is 0 Å². The fraction of sp³-hybridized carbons (Fsp3) is 0.929. The predicted molar refractivity (Wildman–Crippen MR) is 66.1 cm³/mol. The van der Waals surface area contributed by atoms with Gasteiger partial charge >= 0.3 is 5.97 Å². The molecule has 1 saturated carbocycles. The Hall–Kier alpha value is -0.530. The van der Waals surface area contributed by atoms with E-state index < -0.39 is 0 Å². The largest absolute Gasteiger partial charge is 0.462 e. The summed E-state index contributed by atoms with van der Waals surface area (Å²) < 4.78 is 5.64. The molecule has 0 amide bonds. The number of hydrogen-bond donors (Lipinski definition) is 0. The molecule has 1 aliphatic rings. The molecule has 0 N–H and O–H groups in total. The van der Waals surface area contributed by atoms with Crippen LogP contribution < -0.4 is 0 Å². The van der Waals surface area contributed by atoms with Crippen molar-refractivity contribution in [3.8, 4) is 0 Å². The summed E-state index contributed by atoms with van der Waals surface area (Å²) in [4.78, 5) is 11.6. The van der Waals surface area contributed by atoms with Crippen LogP contribution in [0, 0.1) is 17.8 Å². The third kappa shape index (κ3) is 3.80. The zero-order valence-electron chi connectivity index (χ0n) is 11.2. The summed E-state index contributed by atoms with van der Waals surface area (Å²) in [6.45, 7) is 8.75. The van der Waals surface area contributed by atoms with E-state index in [4.69, 9.17) is 4.74 Å². The van der Waals surface area contributed by atoms with Gasteiger partial charge in [0.2, 0.25) is 0 Å². The maximum absolute atomic E-state index is 11.6. The van der Waals surface area contributed by atoms with Crippen molar-refractivity contribution in [2.24, 2.45) is 17.8 Å². The summed E-state index contributed by atoms with van der Waals surface area (Å²) in [5.41, 5.74) is 0. The van der Waals surface area contributed by atoms with Crippen LogP contribution in [0.5, 0.6) is 0 Å². The maximum atomic E-state index is 11.6. The van der Waals surface area contributed by atoms with Crippen LogP contribution in [0.15, 0.2) is 0 Å². The van der Waals surface area contributed by atoms with Gasteiger partial charge in [-0.05, 0) is 37.0 Å². The number of carbonyl (C=O) groups is 1. The van der Waals surface area contributed by atoms with Crippen LogP contribution in [0.4, 0.5) is 0 Å².